The van der Waals surface area contributed by atoms with Gasteiger partial charge in [0.05, 0.1) is 19.9 Å². The van der Waals surface area contributed by atoms with Crippen molar-refractivity contribution < 1.29 is 27.8 Å². The number of methoxy groups -OCH3 is 2. The van der Waals surface area contributed by atoms with Crippen LogP contribution in [-0.4, -0.2) is 25.2 Å². The van der Waals surface area contributed by atoms with Gasteiger partial charge in [-0.05, 0) is 24.3 Å². The molecule has 0 aliphatic carbocycles. The van der Waals surface area contributed by atoms with Crippen LogP contribution in [0.25, 0.3) is 11.3 Å². The van der Waals surface area contributed by atoms with Crippen LogP contribution in [0, 0.1) is 11.6 Å². The van der Waals surface area contributed by atoms with Crippen molar-refractivity contribution in [1.29, 1.82) is 0 Å². The second kappa shape index (κ2) is 7.08. The summed E-state index contributed by atoms with van der Waals surface area (Å²) >= 11 is 1.21. The van der Waals surface area contributed by atoms with Crippen LogP contribution in [0.5, 0.6) is 11.5 Å². The number of benzene rings is 2. The van der Waals surface area contributed by atoms with Crippen molar-refractivity contribution in [1.82, 2.24) is 4.98 Å². The lowest BCUT2D eigenvalue weighted by Crippen LogP contribution is -2.10. The maximum atomic E-state index is 14.0. The van der Waals surface area contributed by atoms with Crippen LogP contribution in [0.15, 0.2) is 35.7 Å². The molecule has 2 heterocycles. The van der Waals surface area contributed by atoms with E-state index in [0.29, 0.717) is 27.9 Å². The highest BCUT2D eigenvalue weighted by atomic mass is 32.1. The number of halogens is 2. The first-order valence-corrected chi connectivity index (χ1v) is 9.03. The van der Waals surface area contributed by atoms with Gasteiger partial charge in [-0.25, -0.2) is 18.6 Å². The van der Waals surface area contributed by atoms with Gasteiger partial charge >= 0.3 is 5.97 Å². The third-order valence-electron chi connectivity index (χ3n) is 4.26. The number of anilines is 1. The van der Waals surface area contributed by atoms with Crippen molar-refractivity contribution in [2.45, 2.75) is 6.23 Å². The maximum Gasteiger partial charge on any atom is 0.344 e. The normalized spacial score (nSPS) is 15.1. The number of nitrogens with zero attached hydrogens (tertiary/aromatic N) is 1. The minimum Gasteiger partial charge on any atom is -0.493 e. The Morgan fingerprint density at radius 2 is 2.00 bits per heavy atom. The van der Waals surface area contributed by atoms with Gasteiger partial charge < -0.3 is 19.5 Å². The molecular weight excluding hydrogens is 390 g/mol. The van der Waals surface area contributed by atoms with Gasteiger partial charge in [0.15, 0.2) is 16.6 Å². The Balaban J connectivity index is 1.62. The zero-order chi connectivity index (χ0) is 19.8. The van der Waals surface area contributed by atoms with Gasteiger partial charge in [-0.15, -0.1) is 11.3 Å². The molecule has 6 nitrogen and oxygen atoms in total. The molecule has 4 rings (SSSR count). The molecule has 28 heavy (non-hydrogen) atoms. The lowest BCUT2D eigenvalue weighted by atomic mass is 10.1. The molecule has 9 heteroatoms. The molecule has 1 N–H and O–H groups in total. The largest absolute Gasteiger partial charge is 0.493 e. The zero-order valence-corrected chi connectivity index (χ0v) is 15.6. The van der Waals surface area contributed by atoms with Crippen molar-refractivity contribution in [3.8, 4) is 22.8 Å². The van der Waals surface area contributed by atoms with Crippen molar-refractivity contribution in [3.05, 3.63) is 58.5 Å². The molecule has 1 unspecified atom stereocenters. The Bertz CT molecular complexity index is 1070. The highest BCUT2D eigenvalue weighted by molar-refractivity contribution is 7.14. The molecule has 2 aromatic carbocycles. The highest BCUT2D eigenvalue weighted by Crippen LogP contribution is 2.42. The fraction of sp³-hybridized carbons (Fsp3) is 0.158. The number of esters is 1. The fourth-order valence-corrected chi connectivity index (χ4v) is 3.71. The van der Waals surface area contributed by atoms with Gasteiger partial charge in [-0.2, -0.15) is 0 Å². The fourth-order valence-electron chi connectivity index (χ4n) is 2.98. The van der Waals surface area contributed by atoms with Gasteiger partial charge in [0.25, 0.3) is 0 Å². The number of nitrogens with one attached hydrogen (secondary N) is 1. The van der Waals surface area contributed by atoms with E-state index in [0.717, 1.165) is 6.07 Å². The van der Waals surface area contributed by atoms with E-state index in [2.05, 4.69) is 10.3 Å². The Labute approximate surface area is 162 Å². The first-order chi connectivity index (χ1) is 13.5. The zero-order valence-electron chi connectivity index (χ0n) is 14.8. The summed E-state index contributed by atoms with van der Waals surface area (Å²) in [6.45, 7) is 0. The van der Waals surface area contributed by atoms with E-state index in [4.69, 9.17) is 14.2 Å². The first kappa shape index (κ1) is 18.2. The van der Waals surface area contributed by atoms with Crippen molar-refractivity contribution in [2.75, 3.05) is 19.5 Å². The number of cyclic esters (lactones) is 1. The SMILES string of the molecule is COc1ccc2c(c1OC)C(=O)OC2Nc1nc(-c2ccc(F)cc2F)cs1. The van der Waals surface area contributed by atoms with E-state index in [-0.39, 0.29) is 11.1 Å². The smallest absolute Gasteiger partial charge is 0.344 e. The van der Waals surface area contributed by atoms with E-state index < -0.39 is 23.8 Å². The van der Waals surface area contributed by atoms with Gasteiger partial charge in [0.2, 0.25) is 6.23 Å². The Morgan fingerprint density at radius 1 is 1.18 bits per heavy atom. The molecule has 1 aliphatic heterocycles. The van der Waals surface area contributed by atoms with Gasteiger partial charge in [0, 0.05) is 22.6 Å². The predicted molar refractivity (Wildman–Crippen MR) is 98.8 cm³/mol. The van der Waals surface area contributed by atoms with Crippen LogP contribution in [0.4, 0.5) is 13.9 Å². The standard InChI is InChI=1S/C19H14F2N2O4S/c1-25-14-6-5-11-15(16(14)26-2)18(24)27-17(11)23-19-22-13(8-28-19)10-4-3-9(20)7-12(10)21/h3-8,17H,1-2H3,(H,22,23). The highest BCUT2D eigenvalue weighted by Gasteiger charge is 2.36. The van der Waals surface area contributed by atoms with E-state index >= 15 is 0 Å². The van der Waals surface area contributed by atoms with Crippen LogP contribution < -0.4 is 14.8 Å². The molecule has 1 aromatic heterocycles. The Kier molecular flexibility index (Phi) is 4.60. The molecule has 3 aromatic rings. The summed E-state index contributed by atoms with van der Waals surface area (Å²) in [7, 11) is 2.92. The van der Waals surface area contributed by atoms with Crippen LogP contribution in [0.2, 0.25) is 0 Å². The minimum absolute atomic E-state index is 0.181. The monoisotopic (exact) mass is 404 g/mol. The summed E-state index contributed by atoms with van der Waals surface area (Å²) < 4.78 is 43.0. The molecule has 1 atom stereocenters. The second-order valence-corrected chi connectivity index (χ2v) is 6.72. The van der Waals surface area contributed by atoms with Crippen LogP contribution in [0.1, 0.15) is 22.1 Å². The van der Waals surface area contributed by atoms with Crippen molar-refractivity contribution in [2.24, 2.45) is 0 Å². The molecule has 144 valence electrons. The number of aromatic nitrogens is 1. The molecular formula is C19H14F2N2O4S. The van der Waals surface area contributed by atoms with Crippen molar-refractivity contribution >= 4 is 22.4 Å². The number of carbonyl (C=O) groups excluding carboxylic acids is 1. The number of ether oxygens (including phenoxy) is 3. The average molecular weight is 404 g/mol. The third-order valence-corrected chi connectivity index (χ3v) is 5.03. The van der Waals surface area contributed by atoms with Crippen LogP contribution in [-0.2, 0) is 4.74 Å². The quantitative estimate of drug-likeness (QED) is 0.636. The van der Waals surface area contributed by atoms with Gasteiger partial charge in [-0.1, -0.05) is 0 Å². The summed E-state index contributed by atoms with van der Waals surface area (Å²) in [5.41, 5.74) is 1.39. The molecule has 1 aliphatic rings. The average Bonchev–Trinajstić information content (AvgIpc) is 3.26. The second-order valence-electron chi connectivity index (χ2n) is 5.86. The molecule has 0 saturated carbocycles. The van der Waals surface area contributed by atoms with E-state index in [1.54, 1.807) is 17.5 Å². The van der Waals surface area contributed by atoms with Crippen LogP contribution in [0.3, 0.4) is 0 Å². The summed E-state index contributed by atoms with van der Waals surface area (Å²) in [5.74, 6) is -1.20. The predicted octanol–water partition coefficient (Wildman–Crippen LogP) is 4.39. The number of fused-ring (bicyclic) bond motifs is 1. The summed E-state index contributed by atoms with van der Waals surface area (Å²) in [5, 5.41) is 5.05. The number of carbonyl (C=O) groups is 1. The number of rotatable bonds is 5. The summed E-state index contributed by atoms with van der Waals surface area (Å²) in [4.78, 5) is 16.6. The molecule has 0 bridgehead atoms. The van der Waals surface area contributed by atoms with Gasteiger partial charge in [-0.3, -0.25) is 0 Å². The van der Waals surface area contributed by atoms with E-state index in [1.165, 1.54) is 37.7 Å². The Hall–Kier alpha value is -3.20. The summed E-state index contributed by atoms with van der Waals surface area (Å²) in [6.07, 6.45) is -0.778. The minimum atomic E-state index is -0.778. The molecule has 0 amide bonds. The maximum absolute atomic E-state index is 14.0. The lowest BCUT2D eigenvalue weighted by Gasteiger charge is -2.13. The summed E-state index contributed by atoms with van der Waals surface area (Å²) in [6, 6.07) is 6.67. The molecule has 0 spiro atoms. The van der Waals surface area contributed by atoms with E-state index in [9.17, 15) is 13.6 Å². The molecule has 0 radical (unpaired) electrons. The third kappa shape index (κ3) is 3.03. The lowest BCUT2D eigenvalue weighted by molar-refractivity contribution is 0.0435. The Morgan fingerprint density at radius 3 is 2.71 bits per heavy atom. The van der Waals surface area contributed by atoms with Gasteiger partial charge in [0.1, 0.15) is 17.2 Å². The van der Waals surface area contributed by atoms with Crippen LogP contribution >= 0.6 is 11.3 Å². The topological polar surface area (TPSA) is 69.7 Å². The van der Waals surface area contributed by atoms with Crippen molar-refractivity contribution in [3.63, 3.8) is 0 Å². The first-order valence-electron chi connectivity index (χ1n) is 8.15. The number of hydrogen-bond acceptors (Lipinski definition) is 7. The van der Waals surface area contributed by atoms with E-state index in [1.807, 2.05) is 0 Å². The molecule has 0 saturated heterocycles. The number of hydrogen-bond donors (Lipinski definition) is 1. The number of thiazole rings is 1. The molecule has 0 fully saturated rings.